The molecular formula is C16H15N3O4. The fourth-order valence-corrected chi connectivity index (χ4v) is 1.79. The van der Waals surface area contributed by atoms with Gasteiger partial charge >= 0.3 is 5.97 Å². The second kappa shape index (κ2) is 7.17. The lowest BCUT2D eigenvalue weighted by Gasteiger charge is -2.11. The summed E-state index contributed by atoms with van der Waals surface area (Å²) in [4.78, 5) is 28.6. The first kappa shape index (κ1) is 16.2. The molecule has 0 aliphatic heterocycles. The van der Waals surface area contributed by atoms with E-state index in [4.69, 9.17) is 4.84 Å². The summed E-state index contributed by atoms with van der Waals surface area (Å²) >= 11 is 0. The minimum atomic E-state index is -0.755. The van der Waals surface area contributed by atoms with Gasteiger partial charge in [0.15, 0.2) is 0 Å². The van der Waals surface area contributed by atoms with E-state index in [2.05, 4.69) is 5.16 Å². The van der Waals surface area contributed by atoms with Gasteiger partial charge in [-0.1, -0.05) is 23.4 Å². The van der Waals surface area contributed by atoms with Crippen molar-refractivity contribution in [2.45, 2.75) is 0 Å². The summed E-state index contributed by atoms with van der Waals surface area (Å²) in [5, 5.41) is 14.3. The molecule has 0 N–H and O–H groups in total. The normalized spacial score (nSPS) is 10.5. The van der Waals surface area contributed by atoms with Crippen LogP contribution >= 0.6 is 0 Å². The van der Waals surface area contributed by atoms with Crippen LogP contribution in [-0.2, 0) is 4.84 Å². The Morgan fingerprint density at radius 3 is 2.52 bits per heavy atom. The van der Waals surface area contributed by atoms with Crippen LogP contribution in [0.4, 0.5) is 11.4 Å². The summed E-state index contributed by atoms with van der Waals surface area (Å²) in [5.74, 6) is -0.755. The molecule has 0 unspecified atom stereocenters. The monoisotopic (exact) mass is 313 g/mol. The molecule has 0 bridgehead atoms. The van der Waals surface area contributed by atoms with E-state index in [1.54, 1.807) is 0 Å². The van der Waals surface area contributed by atoms with Gasteiger partial charge in [-0.2, -0.15) is 0 Å². The predicted molar refractivity (Wildman–Crippen MR) is 86.9 cm³/mol. The van der Waals surface area contributed by atoms with Gasteiger partial charge in [-0.05, 0) is 23.8 Å². The highest BCUT2D eigenvalue weighted by Crippen LogP contribution is 2.14. The molecule has 0 fully saturated rings. The molecule has 0 amide bonds. The van der Waals surface area contributed by atoms with Crippen molar-refractivity contribution in [3.63, 3.8) is 0 Å². The van der Waals surface area contributed by atoms with E-state index < -0.39 is 10.9 Å². The number of nitro groups is 1. The third-order valence-electron chi connectivity index (χ3n) is 3.04. The maximum atomic E-state index is 11.8. The molecule has 0 saturated heterocycles. The molecule has 0 saturated carbocycles. The quantitative estimate of drug-likeness (QED) is 0.367. The highest BCUT2D eigenvalue weighted by atomic mass is 16.7. The number of hydrogen-bond donors (Lipinski definition) is 0. The van der Waals surface area contributed by atoms with Gasteiger partial charge in [-0.15, -0.1) is 0 Å². The zero-order chi connectivity index (χ0) is 16.8. The van der Waals surface area contributed by atoms with Gasteiger partial charge in [0.25, 0.3) is 5.69 Å². The Balaban J connectivity index is 2.01. The summed E-state index contributed by atoms with van der Waals surface area (Å²) < 4.78 is 0. The van der Waals surface area contributed by atoms with Crippen molar-refractivity contribution in [2.24, 2.45) is 5.16 Å². The van der Waals surface area contributed by atoms with E-state index in [1.807, 2.05) is 43.3 Å². The van der Waals surface area contributed by atoms with Crippen molar-refractivity contribution < 1.29 is 14.6 Å². The number of nitro benzene ring substituents is 1. The zero-order valence-corrected chi connectivity index (χ0v) is 12.7. The number of non-ortho nitro benzene ring substituents is 1. The second-order valence-electron chi connectivity index (χ2n) is 4.91. The van der Waals surface area contributed by atoms with Gasteiger partial charge in [0.1, 0.15) is 0 Å². The summed E-state index contributed by atoms with van der Waals surface area (Å²) in [6.45, 7) is 0. The smallest absolute Gasteiger partial charge is 0.365 e. The summed E-state index contributed by atoms with van der Waals surface area (Å²) in [6, 6.07) is 12.8. The second-order valence-corrected chi connectivity index (χ2v) is 4.91. The number of carbonyl (C=O) groups is 1. The van der Waals surface area contributed by atoms with E-state index in [9.17, 15) is 14.9 Å². The number of oxime groups is 1. The molecule has 0 atom stereocenters. The van der Waals surface area contributed by atoms with Crippen LogP contribution in [0.2, 0.25) is 0 Å². The Kier molecular flexibility index (Phi) is 5.03. The lowest BCUT2D eigenvalue weighted by atomic mass is 10.2. The molecule has 2 rings (SSSR count). The maximum absolute atomic E-state index is 11.8. The first-order valence-corrected chi connectivity index (χ1v) is 6.74. The molecule has 2 aromatic carbocycles. The van der Waals surface area contributed by atoms with Gasteiger partial charge in [0, 0.05) is 31.9 Å². The summed E-state index contributed by atoms with van der Waals surface area (Å²) in [7, 11) is 3.87. The lowest BCUT2D eigenvalue weighted by molar-refractivity contribution is -0.384. The molecule has 2 aromatic rings. The molecule has 7 nitrogen and oxygen atoms in total. The fraction of sp³-hybridized carbons (Fsp3) is 0.125. The molecular weight excluding hydrogens is 298 g/mol. The first-order valence-electron chi connectivity index (χ1n) is 6.74. The lowest BCUT2D eigenvalue weighted by Crippen LogP contribution is -2.08. The third kappa shape index (κ3) is 4.37. The van der Waals surface area contributed by atoms with Crippen LogP contribution in [0.15, 0.2) is 53.7 Å². The van der Waals surface area contributed by atoms with E-state index >= 15 is 0 Å². The van der Waals surface area contributed by atoms with E-state index in [0.717, 1.165) is 17.3 Å². The van der Waals surface area contributed by atoms with Crippen molar-refractivity contribution in [2.75, 3.05) is 19.0 Å². The van der Waals surface area contributed by atoms with Gasteiger partial charge in [-0.3, -0.25) is 10.1 Å². The Hall–Kier alpha value is -3.22. The molecule has 0 heterocycles. The Labute approximate surface area is 132 Å². The minimum absolute atomic E-state index is 0.0688. The van der Waals surface area contributed by atoms with Crippen molar-refractivity contribution in [1.82, 2.24) is 0 Å². The zero-order valence-electron chi connectivity index (χ0n) is 12.7. The number of carbonyl (C=O) groups excluding carboxylic acids is 1. The number of benzene rings is 2. The summed E-state index contributed by atoms with van der Waals surface area (Å²) in [5.41, 5.74) is 1.69. The van der Waals surface area contributed by atoms with Crippen molar-refractivity contribution in [3.8, 4) is 0 Å². The molecule has 118 valence electrons. The molecule has 7 heteroatoms. The predicted octanol–water partition coefficient (Wildman–Crippen LogP) is 2.85. The van der Waals surface area contributed by atoms with Crippen LogP contribution in [0.25, 0.3) is 0 Å². The maximum Gasteiger partial charge on any atom is 0.365 e. The highest BCUT2D eigenvalue weighted by Gasteiger charge is 2.12. The van der Waals surface area contributed by atoms with Gasteiger partial charge in [-0.25, -0.2) is 4.79 Å². The average Bonchev–Trinajstić information content (AvgIpc) is 2.55. The Morgan fingerprint density at radius 2 is 1.91 bits per heavy atom. The molecule has 0 spiro atoms. The highest BCUT2D eigenvalue weighted by molar-refractivity contribution is 5.90. The Bertz CT molecular complexity index is 739. The number of rotatable bonds is 5. The van der Waals surface area contributed by atoms with Gasteiger partial charge in [0.2, 0.25) is 0 Å². The standard InChI is InChI=1S/C16H15N3O4/c1-18(2)14-8-6-12(7-9-14)11-17-23-16(20)13-4-3-5-15(10-13)19(21)22/h3-11H,1-2H3. The van der Waals surface area contributed by atoms with Crippen LogP contribution in [-0.4, -0.2) is 31.2 Å². The van der Waals surface area contributed by atoms with Gasteiger partial charge in [0.05, 0.1) is 16.7 Å². The number of nitrogens with zero attached hydrogens (tertiary/aromatic N) is 3. The van der Waals surface area contributed by atoms with E-state index in [1.165, 1.54) is 24.4 Å². The van der Waals surface area contributed by atoms with Gasteiger partial charge < -0.3 is 9.74 Å². The molecule has 23 heavy (non-hydrogen) atoms. The van der Waals surface area contributed by atoms with Crippen molar-refractivity contribution in [3.05, 3.63) is 69.8 Å². The van der Waals surface area contributed by atoms with Crippen LogP contribution in [0.1, 0.15) is 15.9 Å². The molecule has 0 aliphatic rings. The fourth-order valence-electron chi connectivity index (χ4n) is 1.79. The average molecular weight is 313 g/mol. The SMILES string of the molecule is CN(C)c1ccc(C=NOC(=O)c2cccc([N+](=O)[O-])c2)cc1. The largest absolute Gasteiger partial charge is 0.378 e. The Morgan fingerprint density at radius 1 is 1.22 bits per heavy atom. The van der Waals surface area contributed by atoms with Crippen molar-refractivity contribution in [1.29, 1.82) is 0 Å². The molecule has 0 aromatic heterocycles. The number of hydrogen-bond acceptors (Lipinski definition) is 6. The minimum Gasteiger partial charge on any atom is -0.378 e. The van der Waals surface area contributed by atoms with Crippen LogP contribution < -0.4 is 4.90 Å². The number of anilines is 1. The van der Waals surface area contributed by atoms with E-state index in [-0.39, 0.29) is 11.3 Å². The van der Waals surface area contributed by atoms with Crippen LogP contribution in [0, 0.1) is 10.1 Å². The van der Waals surface area contributed by atoms with Crippen molar-refractivity contribution >= 4 is 23.6 Å². The topological polar surface area (TPSA) is 85.0 Å². The molecule has 0 aliphatic carbocycles. The first-order chi connectivity index (χ1) is 11.0. The van der Waals surface area contributed by atoms with Crippen LogP contribution in [0.3, 0.4) is 0 Å². The van der Waals surface area contributed by atoms with Crippen LogP contribution in [0.5, 0.6) is 0 Å². The van der Waals surface area contributed by atoms with E-state index in [0.29, 0.717) is 0 Å². The molecule has 0 radical (unpaired) electrons. The third-order valence-corrected chi connectivity index (χ3v) is 3.04. The summed E-state index contributed by atoms with van der Waals surface area (Å²) in [6.07, 6.45) is 1.40.